The fourth-order valence-electron chi connectivity index (χ4n) is 4.13. The number of amides is 2. The zero-order chi connectivity index (χ0) is 27.8. The van der Waals surface area contributed by atoms with Crippen LogP contribution in [0.3, 0.4) is 0 Å². The summed E-state index contributed by atoms with van der Waals surface area (Å²) in [6.07, 6.45) is 4.25. The van der Waals surface area contributed by atoms with Crippen LogP contribution in [0.4, 0.5) is 23.0 Å². The second-order valence-electron chi connectivity index (χ2n) is 9.59. The first-order valence-electron chi connectivity index (χ1n) is 12.8. The summed E-state index contributed by atoms with van der Waals surface area (Å²) >= 11 is 6.33. The molecule has 3 aromatic rings. The Balaban J connectivity index is 1.38. The van der Waals surface area contributed by atoms with E-state index in [1.54, 1.807) is 48.8 Å². The lowest BCUT2D eigenvalue weighted by Gasteiger charge is -2.27. The molecule has 2 amide bonds. The first kappa shape index (κ1) is 28.3. The Morgan fingerprint density at radius 2 is 1.69 bits per heavy atom. The Morgan fingerprint density at radius 3 is 2.41 bits per heavy atom. The van der Waals surface area contributed by atoms with E-state index in [-0.39, 0.29) is 16.5 Å². The summed E-state index contributed by atoms with van der Waals surface area (Å²) in [7, 11) is 6.09. The highest BCUT2D eigenvalue weighted by molar-refractivity contribution is 6.34. The monoisotopic (exact) mass is 551 g/mol. The van der Waals surface area contributed by atoms with Crippen LogP contribution in [0.25, 0.3) is 0 Å². The van der Waals surface area contributed by atoms with Crippen LogP contribution in [-0.2, 0) is 4.74 Å². The van der Waals surface area contributed by atoms with Gasteiger partial charge in [-0.05, 0) is 69.5 Å². The topological polar surface area (TPSA) is 103 Å². The number of pyridine rings is 2. The van der Waals surface area contributed by atoms with E-state index in [1.165, 1.54) is 0 Å². The fraction of sp³-hybridized carbons (Fsp3) is 0.357. The van der Waals surface area contributed by atoms with Crippen molar-refractivity contribution in [2.45, 2.75) is 6.42 Å². The molecule has 2 N–H and O–H groups in total. The van der Waals surface area contributed by atoms with Crippen LogP contribution in [0.1, 0.15) is 27.1 Å². The minimum absolute atomic E-state index is 0.239. The van der Waals surface area contributed by atoms with E-state index in [0.717, 1.165) is 44.2 Å². The van der Waals surface area contributed by atoms with E-state index < -0.39 is 5.91 Å². The predicted octanol–water partition coefficient (Wildman–Crippen LogP) is 3.86. The molecule has 0 saturated carbocycles. The molecule has 10 nitrogen and oxygen atoms in total. The number of morpholine rings is 1. The summed E-state index contributed by atoms with van der Waals surface area (Å²) < 4.78 is 5.39. The number of hydrogen-bond donors (Lipinski definition) is 2. The minimum Gasteiger partial charge on any atom is -0.378 e. The second kappa shape index (κ2) is 13.4. The quantitative estimate of drug-likeness (QED) is 0.391. The molecule has 0 spiro atoms. The highest BCUT2D eigenvalue weighted by atomic mass is 35.5. The van der Waals surface area contributed by atoms with E-state index in [4.69, 9.17) is 16.3 Å². The van der Waals surface area contributed by atoms with Gasteiger partial charge in [0.15, 0.2) is 0 Å². The number of aromatic nitrogens is 2. The van der Waals surface area contributed by atoms with Crippen LogP contribution in [0.5, 0.6) is 0 Å². The maximum Gasteiger partial charge on any atom is 0.257 e. The molecule has 39 heavy (non-hydrogen) atoms. The summed E-state index contributed by atoms with van der Waals surface area (Å²) in [5.41, 5.74) is 1.70. The maximum absolute atomic E-state index is 13.0. The van der Waals surface area contributed by atoms with Crippen molar-refractivity contribution in [3.8, 4) is 0 Å². The van der Waals surface area contributed by atoms with Gasteiger partial charge in [-0.25, -0.2) is 9.97 Å². The molecule has 2 aromatic heterocycles. The summed E-state index contributed by atoms with van der Waals surface area (Å²) in [6.45, 7) is 4.57. The van der Waals surface area contributed by atoms with Gasteiger partial charge in [-0.2, -0.15) is 0 Å². The van der Waals surface area contributed by atoms with Crippen molar-refractivity contribution in [1.82, 2.24) is 14.9 Å². The molecule has 0 unspecified atom stereocenters. The number of anilines is 4. The molecule has 0 aliphatic carbocycles. The number of ether oxygens (including phenoxy) is 1. The van der Waals surface area contributed by atoms with Crippen LogP contribution in [0.2, 0.25) is 5.02 Å². The lowest BCUT2D eigenvalue weighted by molar-refractivity contribution is 0.101. The van der Waals surface area contributed by atoms with Gasteiger partial charge in [0, 0.05) is 44.1 Å². The molecule has 1 fully saturated rings. The molecule has 0 radical (unpaired) electrons. The zero-order valence-electron chi connectivity index (χ0n) is 22.5. The van der Waals surface area contributed by atoms with Crippen molar-refractivity contribution in [2.24, 2.45) is 0 Å². The molecule has 0 bridgehead atoms. The average Bonchev–Trinajstić information content (AvgIpc) is 2.94. The molecule has 1 aliphatic heterocycles. The summed E-state index contributed by atoms with van der Waals surface area (Å²) in [6, 6.07) is 11.9. The number of carbonyl (C=O) groups is 2. The third-order valence-corrected chi connectivity index (χ3v) is 6.64. The normalized spacial score (nSPS) is 13.3. The maximum atomic E-state index is 13.0. The number of hydrogen-bond acceptors (Lipinski definition) is 8. The molecule has 1 saturated heterocycles. The minimum atomic E-state index is -0.400. The molecule has 1 aliphatic rings. The molecule has 11 heteroatoms. The Kier molecular flexibility index (Phi) is 9.69. The number of carbonyl (C=O) groups excluding carboxylic acids is 2. The van der Waals surface area contributed by atoms with E-state index in [1.807, 2.05) is 13.1 Å². The zero-order valence-corrected chi connectivity index (χ0v) is 23.2. The Labute approximate surface area is 233 Å². The highest BCUT2D eigenvalue weighted by Gasteiger charge is 2.17. The molecular formula is C28H34ClN7O3. The van der Waals surface area contributed by atoms with Crippen LogP contribution in [-0.4, -0.2) is 87.2 Å². The molecule has 0 atom stereocenters. The Bertz CT molecular complexity index is 1280. The molecule has 206 valence electrons. The summed E-state index contributed by atoms with van der Waals surface area (Å²) in [5.74, 6) is 0.836. The number of nitrogens with one attached hydrogen (secondary N) is 2. The predicted molar refractivity (Wildman–Crippen MR) is 155 cm³/mol. The average molecular weight is 552 g/mol. The highest BCUT2D eigenvalue weighted by Crippen LogP contribution is 2.23. The largest absolute Gasteiger partial charge is 0.378 e. The van der Waals surface area contributed by atoms with Crippen LogP contribution in [0, 0.1) is 0 Å². The molecule has 1 aromatic carbocycles. The van der Waals surface area contributed by atoms with Gasteiger partial charge in [-0.1, -0.05) is 11.6 Å². The second-order valence-corrected chi connectivity index (χ2v) is 10.00. The van der Waals surface area contributed by atoms with Gasteiger partial charge in [-0.15, -0.1) is 0 Å². The summed E-state index contributed by atoms with van der Waals surface area (Å²) in [4.78, 5) is 41.1. The fourth-order valence-corrected chi connectivity index (χ4v) is 4.33. The number of rotatable bonds is 10. The van der Waals surface area contributed by atoms with Crippen LogP contribution in [0.15, 0.2) is 54.9 Å². The van der Waals surface area contributed by atoms with Gasteiger partial charge < -0.3 is 30.1 Å². The third kappa shape index (κ3) is 7.89. The van der Waals surface area contributed by atoms with Crippen molar-refractivity contribution < 1.29 is 14.3 Å². The SMILES string of the molecule is CN(C)CCCN(C)c1ccc(NC(=O)c2cc(NC(=O)c3ccnc(N4CCOCC4)c3)ccc2Cl)cn1. The van der Waals surface area contributed by atoms with Crippen LogP contribution >= 0.6 is 11.6 Å². The Morgan fingerprint density at radius 1 is 0.949 bits per heavy atom. The third-order valence-electron chi connectivity index (χ3n) is 6.31. The van der Waals surface area contributed by atoms with E-state index >= 15 is 0 Å². The van der Waals surface area contributed by atoms with E-state index in [9.17, 15) is 9.59 Å². The van der Waals surface area contributed by atoms with Gasteiger partial charge >= 0.3 is 0 Å². The van der Waals surface area contributed by atoms with Gasteiger partial charge in [0.2, 0.25) is 0 Å². The molecule has 3 heterocycles. The molecule has 4 rings (SSSR count). The van der Waals surface area contributed by atoms with E-state index in [2.05, 4.69) is 49.4 Å². The molecular weight excluding hydrogens is 518 g/mol. The van der Waals surface area contributed by atoms with E-state index in [0.29, 0.717) is 30.2 Å². The van der Waals surface area contributed by atoms with Crippen LogP contribution < -0.4 is 20.4 Å². The van der Waals surface area contributed by atoms with Crippen molar-refractivity contribution in [1.29, 1.82) is 0 Å². The smallest absolute Gasteiger partial charge is 0.257 e. The van der Waals surface area contributed by atoms with Gasteiger partial charge in [-0.3, -0.25) is 9.59 Å². The van der Waals surface area contributed by atoms with Crippen molar-refractivity contribution in [2.75, 3.05) is 81.0 Å². The summed E-state index contributed by atoms with van der Waals surface area (Å²) in [5, 5.41) is 5.95. The first-order chi connectivity index (χ1) is 18.8. The van der Waals surface area contributed by atoms with Gasteiger partial charge in [0.1, 0.15) is 11.6 Å². The lowest BCUT2D eigenvalue weighted by Crippen LogP contribution is -2.36. The number of nitrogens with zero attached hydrogens (tertiary/aromatic N) is 5. The van der Waals surface area contributed by atoms with Crippen molar-refractivity contribution in [3.63, 3.8) is 0 Å². The standard InChI is InChI=1S/C28H34ClN7O3/c1-34(2)11-4-12-35(3)25-8-6-22(19-31-25)33-28(38)23-18-21(5-7-24(23)29)32-27(37)20-9-10-30-26(17-20)36-13-15-39-16-14-36/h5-10,17-19H,4,11-16H2,1-3H3,(H,32,37)(H,33,38). The van der Waals surface area contributed by atoms with Crippen molar-refractivity contribution >= 4 is 46.4 Å². The van der Waals surface area contributed by atoms with Crippen molar-refractivity contribution in [3.05, 3.63) is 71.0 Å². The van der Waals surface area contributed by atoms with Gasteiger partial charge in [0.25, 0.3) is 11.8 Å². The number of halogens is 1. The Hall–Kier alpha value is -3.73. The number of benzene rings is 1. The lowest BCUT2D eigenvalue weighted by atomic mass is 10.1. The van der Waals surface area contributed by atoms with Gasteiger partial charge in [0.05, 0.1) is 35.7 Å². The first-order valence-corrected chi connectivity index (χ1v) is 13.2.